The van der Waals surface area contributed by atoms with E-state index in [2.05, 4.69) is 5.32 Å². The van der Waals surface area contributed by atoms with Gasteiger partial charge in [-0.1, -0.05) is 29.8 Å². The van der Waals surface area contributed by atoms with E-state index in [4.69, 9.17) is 4.74 Å². The number of ether oxygens (including phenoxy) is 1. The van der Waals surface area contributed by atoms with Crippen LogP contribution in [0.25, 0.3) is 0 Å². The van der Waals surface area contributed by atoms with Crippen molar-refractivity contribution in [1.29, 1.82) is 0 Å². The first-order valence-electron chi connectivity index (χ1n) is 9.03. The third kappa shape index (κ3) is 5.45. The SMILES string of the molecule is CCOc1ccc(C(C)NC(=O)CCC(=O)c2cc(C)ccc2C)cc1. The van der Waals surface area contributed by atoms with Gasteiger partial charge in [-0.05, 0) is 57.0 Å². The largest absolute Gasteiger partial charge is 0.494 e. The van der Waals surface area contributed by atoms with E-state index in [0.717, 1.165) is 22.4 Å². The summed E-state index contributed by atoms with van der Waals surface area (Å²) in [7, 11) is 0. The number of ketones is 1. The number of benzene rings is 2. The van der Waals surface area contributed by atoms with Crippen molar-refractivity contribution in [3.05, 3.63) is 64.7 Å². The summed E-state index contributed by atoms with van der Waals surface area (Å²) in [4.78, 5) is 24.6. The van der Waals surface area contributed by atoms with Gasteiger partial charge in [0.25, 0.3) is 0 Å². The van der Waals surface area contributed by atoms with Gasteiger partial charge in [0, 0.05) is 18.4 Å². The number of rotatable bonds is 8. The monoisotopic (exact) mass is 353 g/mol. The number of aryl methyl sites for hydroxylation is 2. The van der Waals surface area contributed by atoms with Gasteiger partial charge in [0.15, 0.2) is 5.78 Å². The Balaban J connectivity index is 1.87. The van der Waals surface area contributed by atoms with Crippen molar-refractivity contribution < 1.29 is 14.3 Å². The molecule has 0 saturated heterocycles. The van der Waals surface area contributed by atoms with Crippen molar-refractivity contribution >= 4 is 11.7 Å². The van der Waals surface area contributed by atoms with E-state index < -0.39 is 0 Å². The number of nitrogens with one attached hydrogen (secondary N) is 1. The van der Waals surface area contributed by atoms with E-state index in [1.54, 1.807) is 0 Å². The molecule has 0 fully saturated rings. The molecule has 0 spiro atoms. The molecule has 0 aromatic heterocycles. The van der Waals surface area contributed by atoms with Crippen LogP contribution >= 0.6 is 0 Å². The molecule has 1 atom stereocenters. The molecule has 2 aromatic rings. The molecule has 2 rings (SSSR count). The Bertz CT molecular complexity index is 765. The maximum absolute atomic E-state index is 12.4. The molecule has 0 saturated carbocycles. The third-order valence-corrected chi connectivity index (χ3v) is 4.34. The second-order valence-corrected chi connectivity index (χ2v) is 6.53. The highest BCUT2D eigenvalue weighted by molar-refractivity contribution is 5.99. The van der Waals surface area contributed by atoms with E-state index in [9.17, 15) is 9.59 Å². The lowest BCUT2D eigenvalue weighted by molar-refractivity contribution is -0.121. The molecule has 0 aliphatic heterocycles. The maximum Gasteiger partial charge on any atom is 0.220 e. The average Bonchev–Trinajstić information content (AvgIpc) is 2.62. The van der Waals surface area contributed by atoms with Crippen molar-refractivity contribution in [2.45, 2.75) is 46.6 Å². The Kier molecular flexibility index (Phi) is 6.96. The van der Waals surface area contributed by atoms with E-state index >= 15 is 0 Å². The lowest BCUT2D eigenvalue weighted by Crippen LogP contribution is -2.27. The van der Waals surface area contributed by atoms with Gasteiger partial charge in [0.1, 0.15) is 5.75 Å². The predicted molar refractivity (Wildman–Crippen MR) is 104 cm³/mol. The summed E-state index contributed by atoms with van der Waals surface area (Å²) in [5.41, 5.74) is 3.70. The molecule has 4 nitrogen and oxygen atoms in total. The molecular weight excluding hydrogens is 326 g/mol. The zero-order chi connectivity index (χ0) is 19.1. The van der Waals surface area contributed by atoms with Crippen LogP contribution in [0.3, 0.4) is 0 Å². The molecule has 2 aromatic carbocycles. The van der Waals surface area contributed by atoms with Gasteiger partial charge in [-0.2, -0.15) is 0 Å². The fraction of sp³-hybridized carbons (Fsp3) is 0.364. The van der Waals surface area contributed by atoms with Gasteiger partial charge in [-0.25, -0.2) is 0 Å². The Hall–Kier alpha value is -2.62. The highest BCUT2D eigenvalue weighted by atomic mass is 16.5. The summed E-state index contributed by atoms with van der Waals surface area (Å²) in [5.74, 6) is 0.703. The molecule has 1 N–H and O–H groups in total. The van der Waals surface area contributed by atoms with Crippen molar-refractivity contribution in [2.75, 3.05) is 6.61 Å². The fourth-order valence-corrected chi connectivity index (χ4v) is 2.81. The zero-order valence-electron chi connectivity index (χ0n) is 16.0. The lowest BCUT2D eigenvalue weighted by atomic mass is 9.99. The smallest absolute Gasteiger partial charge is 0.220 e. The first-order chi connectivity index (χ1) is 12.4. The summed E-state index contributed by atoms with van der Waals surface area (Å²) in [5, 5.41) is 2.95. The molecule has 26 heavy (non-hydrogen) atoms. The lowest BCUT2D eigenvalue weighted by Gasteiger charge is -2.15. The van der Waals surface area contributed by atoms with Gasteiger partial charge < -0.3 is 10.1 Å². The Morgan fingerprint density at radius 3 is 2.38 bits per heavy atom. The van der Waals surface area contributed by atoms with E-state index in [1.807, 2.05) is 70.2 Å². The zero-order valence-corrected chi connectivity index (χ0v) is 16.0. The van der Waals surface area contributed by atoms with Crippen LogP contribution in [0, 0.1) is 13.8 Å². The van der Waals surface area contributed by atoms with Gasteiger partial charge in [-0.3, -0.25) is 9.59 Å². The fourth-order valence-electron chi connectivity index (χ4n) is 2.81. The quantitative estimate of drug-likeness (QED) is 0.709. The Morgan fingerprint density at radius 1 is 1.04 bits per heavy atom. The van der Waals surface area contributed by atoms with Crippen LogP contribution < -0.4 is 10.1 Å². The summed E-state index contributed by atoms with van der Waals surface area (Å²) in [6.07, 6.45) is 0.402. The highest BCUT2D eigenvalue weighted by Gasteiger charge is 2.14. The van der Waals surface area contributed by atoms with Crippen LogP contribution in [0.15, 0.2) is 42.5 Å². The molecular formula is C22H27NO3. The van der Waals surface area contributed by atoms with E-state index in [-0.39, 0.29) is 30.6 Å². The first-order valence-corrected chi connectivity index (χ1v) is 9.03. The Labute approximate surface area is 155 Å². The third-order valence-electron chi connectivity index (χ3n) is 4.34. The number of amides is 1. The normalized spacial score (nSPS) is 11.7. The molecule has 1 unspecified atom stereocenters. The van der Waals surface area contributed by atoms with Crippen molar-refractivity contribution in [3.63, 3.8) is 0 Å². The molecule has 138 valence electrons. The standard InChI is InChI=1S/C22H27NO3/c1-5-26-19-10-8-18(9-11-19)17(4)23-22(25)13-12-21(24)20-14-15(2)6-7-16(20)3/h6-11,14,17H,5,12-13H2,1-4H3,(H,23,25). The van der Waals surface area contributed by atoms with Gasteiger partial charge >= 0.3 is 0 Å². The van der Waals surface area contributed by atoms with Gasteiger partial charge in [0.05, 0.1) is 12.6 Å². The van der Waals surface area contributed by atoms with Gasteiger partial charge in [-0.15, -0.1) is 0 Å². The van der Waals surface area contributed by atoms with Crippen LogP contribution in [-0.2, 0) is 4.79 Å². The summed E-state index contributed by atoms with van der Waals surface area (Å²) >= 11 is 0. The van der Waals surface area contributed by atoms with Crippen LogP contribution in [0.1, 0.15) is 59.8 Å². The summed E-state index contributed by atoms with van der Waals surface area (Å²) in [6.45, 7) is 8.37. The van der Waals surface area contributed by atoms with Crippen molar-refractivity contribution in [1.82, 2.24) is 5.32 Å². The average molecular weight is 353 g/mol. The van der Waals surface area contributed by atoms with Crippen LogP contribution in [0.4, 0.5) is 0 Å². The second kappa shape index (κ2) is 9.18. The molecule has 0 aliphatic rings. The van der Waals surface area contributed by atoms with Crippen molar-refractivity contribution in [2.24, 2.45) is 0 Å². The number of hydrogen-bond acceptors (Lipinski definition) is 3. The minimum Gasteiger partial charge on any atom is -0.494 e. The predicted octanol–water partition coefficient (Wildman–Crippen LogP) is 4.54. The number of Topliss-reactive ketones (excluding diaryl/α,β-unsaturated/α-hetero) is 1. The van der Waals surface area contributed by atoms with Crippen LogP contribution in [0.2, 0.25) is 0 Å². The topological polar surface area (TPSA) is 55.4 Å². The minimum atomic E-state index is -0.120. The molecule has 0 aliphatic carbocycles. The van der Waals surface area contributed by atoms with E-state index in [0.29, 0.717) is 12.2 Å². The Morgan fingerprint density at radius 2 is 1.73 bits per heavy atom. The summed E-state index contributed by atoms with van der Waals surface area (Å²) < 4.78 is 5.42. The van der Waals surface area contributed by atoms with Crippen molar-refractivity contribution in [3.8, 4) is 5.75 Å². The number of carbonyl (C=O) groups excluding carboxylic acids is 2. The minimum absolute atomic E-state index is 0.00932. The van der Waals surface area contributed by atoms with Crippen LogP contribution in [-0.4, -0.2) is 18.3 Å². The molecule has 0 heterocycles. The molecule has 0 radical (unpaired) electrons. The van der Waals surface area contributed by atoms with E-state index in [1.165, 1.54) is 0 Å². The van der Waals surface area contributed by atoms with Gasteiger partial charge in [0.2, 0.25) is 5.91 Å². The molecule has 1 amide bonds. The first kappa shape index (κ1) is 19.7. The number of carbonyl (C=O) groups is 2. The molecule has 0 bridgehead atoms. The molecule has 4 heteroatoms. The summed E-state index contributed by atoms with van der Waals surface area (Å²) in [6, 6.07) is 13.4. The highest BCUT2D eigenvalue weighted by Crippen LogP contribution is 2.18. The van der Waals surface area contributed by atoms with Crippen LogP contribution in [0.5, 0.6) is 5.75 Å². The second-order valence-electron chi connectivity index (χ2n) is 6.53. The maximum atomic E-state index is 12.4. The number of hydrogen-bond donors (Lipinski definition) is 1.